The van der Waals surface area contributed by atoms with Crippen LogP contribution in [-0.2, 0) is 6.54 Å². The smallest absolute Gasteiger partial charge is 0.338 e. The van der Waals surface area contributed by atoms with Crippen LogP contribution >= 0.6 is 0 Å². The summed E-state index contributed by atoms with van der Waals surface area (Å²) in [4.78, 5) is 13.1. The molecule has 2 N–H and O–H groups in total. The van der Waals surface area contributed by atoms with E-state index in [9.17, 15) is 22.4 Å². The predicted octanol–water partition coefficient (Wildman–Crippen LogP) is 2.82. The minimum atomic E-state index is -4.19. The topological polar surface area (TPSA) is 44.4 Å². The molecule has 0 unspecified atom stereocenters. The summed E-state index contributed by atoms with van der Waals surface area (Å²) in [6.07, 6.45) is -3.56. The zero-order valence-corrected chi connectivity index (χ0v) is 13.4. The number of amides is 2. The van der Waals surface area contributed by atoms with Crippen LogP contribution in [0.2, 0.25) is 0 Å². The Balaban J connectivity index is 1.67. The van der Waals surface area contributed by atoms with Crippen LogP contribution in [0.25, 0.3) is 0 Å². The molecular weight excluding hydrogens is 326 g/mol. The van der Waals surface area contributed by atoms with Crippen LogP contribution in [0.4, 0.5) is 22.4 Å². The van der Waals surface area contributed by atoms with Gasteiger partial charge in [-0.05, 0) is 43.0 Å². The van der Waals surface area contributed by atoms with Crippen molar-refractivity contribution < 1.29 is 22.4 Å². The average molecular weight is 347 g/mol. The molecule has 0 bridgehead atoms. The highest BCUT2D eigenvalue weighted by Crippen LogP contribution is 2.22. The maximum atomic E-state index is 13.2. The number of hydrogen-bond acceptors (Lipinski definition) is 2. The number of carbonyl (C=O) groups excluding carboxylic acids is 1. The summed E-state index contributed by atoms with van der Waals surface area (Å²) in [5.41, 5.74) is 1.28. The molecule has 134 valence electrons. The quantitative estimate of drug-likeness (QED) is 0.805. The molecule has 1 aromatic carbocycles. The Morgan fingerprint density at radius 1 is 1.33 bits per heavy atom. The SMILES string of the molecule is Cc1cc(CNC(=O)NC[C@H]2CCN(CC(F)(F)F)C2)ccc1F. The number of benzene rings is 1. The van der Waals surface area contributed by atoms with Crippen LogP contribution in [-0.4, -0.2) is 43.3 Å². The van der Waals surface area contributed by atoms with Gasteiger partial charge < -0.3 is 10.6 Å². The van der Waals surface area contributed by atoms with Crippen LogP contribution in [0, 0.1) is 18.7 Å². The molecule has 1 aliphatic rings. The Morgan fingerprint density at radius 3 is 2.75 bits per heavy atom. The lowest BCUT2D eigenvalue weighted by molar-refractivity contribution is -0.143. The van der Waals surface area contributed by atoms with Crippen molar-refractivity contribution in [3.8, 4) is 0 Å². The molecule has 0 aliphatic carbocycles. The number of hydrogen-bond donors (Lipinski definition) is 2. The van der Waals surface area contributed by atoms with Gasteiger partial charge in [0.05, 0.1) is 6.54 Å². The minimum Gasteiger partial charge on any atom is -0.338 e. The third kappa shape index (κ3) is 5.99. The Kier molecular flexibility index (Phi) is 6.04. The van der Waals surface area contributed by atoms with E-state index < -0.39 is 12.7 Å². The lowest BCUT2D eigenvalue weighted by Gasteiger charge is -2.18. The molecule has 2 rings (SSSR count). The molecule has 0 spiro atoms. The van der Waals surface area contributed by atoms with Crippen molar-refractivity contribution in [2.45, 2.75) is 26.1 Å². The number of likely N-dealkylation sites (tertiary alicyclic amines) is 1. The summed E-state index contributed by atoms with van der Waals surface area (Å²) in [6, 6.07) is 4.21. The molecule has 4 nitrogen and oxygen atoms in total. The van der Waals surface area contributed by atoms with E-state index in [1.807, 2.05) is 0 Å². The predicted molar refractivity (Wildman–Crippen MR) is 82.0 cm³/mol. The molecule has 1 saturated heterocycles. The van der Waals surface area contributed by atoms with Crippen LogP contribution in [0.15, 0.2) is 18.2 Å². The van der Waals surface area contributed by atoms with Gasteiger partial charge in [-0.25, -0.2) is 9.18 Å². The summed E-state index contributed by atoms with van der Waals surface area (Å²) < 4.78 is 50.1. The Morgan fingerprint density at radius 2 is 2.08 bits per heavy atom. The van der Waals surface area contributed by atoms with Gasteiger partial charge in [-0.15, -0.1) is 0 Å². The molecule has 0 radical (unpaired) electrons. The molecular formula is C16H21F4N3O. The summed E-state index contributed by atoms with van der Waals surface area (Å²) in [5.74, 6) is -0.279. The number of nitrogens with one attached hydrogen (secondary N) is 2. The van der Waals surface area contributed by atoms with Crippen LogP contribution in [0.3, 0.4) is 0 Å². The second-order valence-electron chi connectivity index (χ2n) is 6.15. The summed E-state index contributed by atoms with van der Waals surface area (Å²) >= 11 is 0. The molecule has 1 fully saturated rings. The number of urea groups is 1. The average Bonchev–Trinajstić information content (AvgIpc) is 2.91. The monoisotopic (exact) mass is 347 g/mol. The first kappa shape index (κ1) is 18.5. The first-order valence-electron chi connectivity index (χ1n) is 7.79. The van der Waals surface area contributed by atoms with Crippen molar-refractivity contribution in [1.82, 2.24) is 15.5 Å². The first-order valence-corrected chi connectivity index (χ1v) is 7.79. The van der Waals surface area contributed by atoms with E-state index in [1.165, 1.54) is 11.0 Å². The maximum absolute atomic E-state index is 13.2. The molecule has 1 aliphatic heterocycles. The molecule has 1 aromatic rings. The van der Waals surface area contributed by atoms with Gasteiger partial charge >= 0.3 is 12.2 Å². The van der Waals surface area contributed by atoms with Gasteiger partial charge in [0.1, 0.15) is 5.82 Å². The highest BCUT2D eigenvalue weighted by Gasteiger charge is 2.34. The maximum Gasteiger partial charge on any atom is 0.401 e. The fourth-order valence-corrected chi connectivity index (χ4v) is 2.78. The molecule has 1 heterocycles. The zero-order valence-electron chi connectivity index (χ0n) is 13.4. The third-order valence-corrected chi connectivity index (χ3v) is 4.00. The first-order chi connectivity index (χ1) is 11.2. The number of rotatable bonds is 5. The van der Waals surface area contributed by atoms with Gasteiger partial charge in [0.25, 0.3) is 0 Å². The Hall–Kier alpha value is -1.83. The highest BCUT2D eigenvalue weighted by atomic mass is 19.4. The van der Waals surface area contributed by atoms with Crippen molar-refractivity contribution in [3.05, 3.63) is 35.1 Å². The number of carbonyl (C=O) groups is 1. The van der Waals surface area contributed by atoms with Crippen LogP contribution in [0.5, 0.6) is 0 Å². The van der Waals surface area contributed by atoms with E-state index in [4.69, 9.17) is 0 Å². The second-order valence-corrected chi connectivity index (χ2v) is 6.15. The standard InChI is InChI=1S/C16H21F4N3O/c1-11-6-12(2-3-14(11)17)7-21-15(24)22-8-13-4-5-23(9-13)10-16(18,19)20/h2-3,6,13H,4-5,7-10H2,1H3,(H2,21,22,24)/t13-/m1/s1. The van der Waals surface area contributed by atoms with Gasteiger partial charge in [0.2, 0.25) is 0 Å². The van der Waals surface area contributed by atoms with Gasteiger partial charge in [-0.1, -0.05) is 12.1 Å². The molecule has 2 amide bonds. The number of aryl methyl sites for hydroxylation is 1. The summed E-state index contributed by atoms with van der Waals surface area (Å²) in [7, 11) is 0. The van der Waals surface area contributed by atoms with Gasteiger partial charge in [0, 0.05) is 19.6 Å². The van der Waals surface area contributed by atoms with Gasteiger partial charge in [-0.2, -0.15) is 13.2 Å². The molecule has 0 aromatic heterocycles. The van der Waals surface area contributed by atoms with E-state index in [0.717, 1.165) is 5.56 Å². The van der Waals surface area contributed by atoms with Crippen molar-refractivity contribution in [2.75, 3.05) is 26.2 Å². The molecule has 1 atom stereocenters. The Labute approximate surface area is 138 Å². The molecule has 24 heavy (non-hydrogen) atoms. The summed E-state index contributed by atoms with van der Waals surface area (Å²) in [6.45, 7) is 2.06. The zero-order chi connectivity index (χ0) is 17.7. The number of halogens is 4. The van der Waals surface area contributed by atoms with E-state index >= 15 is 0 Å². The van der Waals surface area contributed by atoms with Gasteiger partial charge in [-0.3, -0.25) is 4.90 Å². The largest absolute Gasteiger partial charge is 0.401 e. The van der Waals surface area contributed by atoms with Crippen molar-refractivity contribution in [1.29, 1.82) is 0 Å². The van der Waals surface area contributed by atoms with Crippen LogP contribution in [0.1, 0.15) is 17.5 Å². The third-order valence-electron chi connectivity index (χ3n) is 4.00. The van der Waals surface area contributed by atoms with Gasteiger partial charge in [0.15, 0.2) is 0 Å². The molecule has 0 saturated carbocycles. The lowest BCUT2D eigenvalue weighted by atomic mass is 10.1. The van der Waals surface area contributed by atoms with Crippen molar-refractivity contribution in [3.63, 3.8) is 0 Å². The highest BCUT2D eigenvalue weighted by molar-refractivity contribution is 5.73. The van der Waals surface area contributed by atoms with E-state index in [1.54, 1.807) is 19.1 Å². The fraction of sp³-hybridized carbons (Fsp3) is 0.562. The van der Waals surface area contributed by atoms with E-state index in [-0.39, 0.29) is 24.3 Å². The fourth-order valence-electron chi connectivity index (χ4n) is 2.78. The number of alkyl halides is 3. The minimum absolute atomic E-state index is 0.0196. The van der Waals surface area contributed by atoms with Crippen molar-refractivity contribution >= 4 is 6.03 Å². The lowest BCUT2D eigenvalue weighted by Crippen LogP contribution is -2.39. The van der Waals surface area contributed by atoms with E-state index in [0.29, 0.717) is 31.6 Å². The summed E-state index contributed by atoms with van der Waals surface area (Å²) in [5, 5.41) is 5.33. The Bertz CT molecular complexity index is 577. The molecule has 8 heteroatoms. The second kappa shape index (κ2) is 7.83. The number of nitrogens with zero attached hydrogens (tertiary/aromatic N) is 1. The normalized spacial score (nSPS) is 18.6. The van der Waals surface area contributed by atoms with E-state index in [2.05, 4.69) is 10.6 Å². The van der Waals surface area contributed by atoms with Crippen LogP contribution < -0.4 is 10.6 Å². The van der Waals surface area contributed by atoms with Crippen molar-refractivity contribution in [2.24, 2.45) is 5.92 Å².